The van der Waals surface area contributed by atoms with Crippen molar-refractivity contribution in [1.29, 1.82) is 0 Å². The molecule has 1 saturated heterocycles. The number of methoxy groups -OCH3 is 1. The number of anilines is 1. The zero-order chi connectivity index (χ0) is 24.7. The highest BCUT2D eigenvalue weighted by atomic mass is 19.1. The normalized spacial score (nSPS) is 14.6. The molecule has 1 fully saturated rings. The van der Waals surface area contributed by atoms with Crippen LogP contribution in [0.15, 0.2) is 48.5 Å². The molecule has 1 heterocycles. The SMILES string of the molecule is COc1cccc(NC(=O)N2CCN(CCN(Cc3ccc(F)cc3)C(=O)C(C)(C)C)CC2)c1. The minimum Gasteiger partial charge on any atom is -0.497 e. The largest absolute Gasteiger partial charge is 0.497 e. The van der Waals surface area contributed by atoms with Crippen molar-refractivity contribution in [3.8, 4) is 5.75 Å². The van der Waals surface area contributed by atoms with E-state index in [2.05, 4.69) is 10.2 Å². The Morgan fingerprint density at radius 2 is 1.74 bits per heavy atom. The van der Waals surface area contributed by atoms with E-state index in [4.69, 9.17) is 4.74 Å². The molecule has 1 aliphatic rings. The molecule has 0 spiro atoms. The zero-order valence-corrected chi connectivity index (χ0v) is 20.5. The van der Waals surface area contributed by atoms with Crippen LogP contribution >= 0.6 is 0 Å². The number of nitrogens with one attached hydrogen (secondary N) is 1. The number of urea groups is 1. The summed E-state index contributed by atoms with van der Waals surface area (Å²) in [5.74, 6) is 0.469. The number of ether oxygens (including phenoxy) is 1. The Kier molecular flexibility index (Phi) is 8.50. The van der Waals surface area contributed by atoms with Gasteiger partial charge in [-0.1, -0.05) is 39.0 Å². The summed E-state index contributed by atoms with van der Waals surface area (Å²) < 4.78 is 18.5. The minimum atomic E-state index is -0.503. The second-order valence-corrected chi connectivity index (χ2v) is 9.59. The second-order valence-electron chi connectivity index (χ2n) is 9.59. The molecular formula is C26H35FN4O3. The molecule has 0 aliphatic carbocycles. The number of carbonyl (C=O) groups is 2. The van der Waals surface area contributed by atoms with Gasteiger partial charge in [-0.15, -0.1) is 0 Å². The van der Waals surface area contributed by atoms with E-state index in [0.717, 1.165) is 18.7 Å². The molecule has 0 bridgehead atoms. The molecule has 8 heteroatoms. The quantitative estimate of drug-likeness (QED) is 0.663. The molecule has 1 aliphatic heterocycles. The lowest BCUT2D eigenvalue weighted by molar-refractivity contribution is -0.140. The van der Waals surface area contributed by atoms with Gasteiger partial charge in [-0.3, -0.25) is 9.69 Å². The highest BCUT2D eigenvalue weighted by Crippen LogP contribution is 2.20. The van der Waals surface area contributed by atoms with Gasteiger partial charge in [0, 0.05) is 63.0 Å². The molecule has 3 amide bonds. The van der Waals surface area contributed by atoms with Gasteiger partial charge < -0.3 is 19.9 Å². The summed E-state index contributed by atoms with van der Waals surface area (Å²) in [4.78, 5) is 31.6. The van der Waals surface area contributed by atoms with Crippen LogP contribution in [0.2, 0.25) is 0 Å². The number of hydrogen-bond acceptors (Lipinski definition) is 4. The monoisotopic (exact) mass is 470 g/mol. The van der Waals surface area contributed by atoms with Crippen LogP contribution < -0.4 is 10.1 Å². The van der Waals surface area contributed by atoms with Gasteiger partial charge in [0.2, 0.25) is 5.91 Å². The summed E-state index contributed by atoms with van der Waals surface area (Å²) in [5.41, 5.74) is 1.10. The molecule has 0 unspecified atom stereocenters. The van der Waals surface area contributed by atoms with Gasteiger partial charge in [0.1, 0.15) is 11.6 Å². The molecule has 0 atom stereocenters. The third-order valence-corrected chi connectivity index (χ3v) is 5.88. The van der Waals surface area contributed by atoms with Gasteiger partial charge >= 0.3 is 6.03 Å². The predicted molar refractivity (Wildman–Crippen MR) is 131 cm³/mol. The maximum absolute atomic E-state index is 13.3. The Hall–Kier alpha value is -3.13. The highest BCUT2D eigenvalue weighted by molar-refractivity contribution is 5.89. The number of rotatable bonds is 7. The van der Waals surface area contributed by atoms with E-state index >= 15 is 0 Å². The lowest BCUT2D eigenvalue weighted by Gasteiger charge is -2.36. The van der Waals surface area contributed by atoms with Crippen molar-refractivity contribution < 1.29 is 18.7 Å². The first kappa shape index (κ1) is 25.5. The number of piperazine rings is 1. The van der Waals surface area contributed by atoms with Crippen LogP contribution in [0, 0.1) is 11.2 Å². The number of nitrogens with zero attached hydrogens (tertiary/aromatic N) is 3. The molecule has 34 heavy (non-hydrogen) atoms. The molecule has 1 N–H and O–H groups in total. The van der Waals surface area contributed by atoms with E-state index in [1.54, 1.807) is 30.2 Å². The van der Waals surface area contributed by atoms with Crippen LogP contribution in [-0.2, 0) is 11.3 Å². The number of hydrogen-bond donors (Lipinski definition) is 1. The first-order valence-electron chi connectivity index (χ1n) is 11.6. The van der Waals surface area contributed by atoms with Crippen molar-refractivity contribution in [3.05, 3.63) is 59.9 Å². The minimum absolute atomic E-state index is 0.0631. The summed E-state index contributed by atoms with van der Waals surface area (Å²) in [6.45, 7) is 10.2. The lowest BCUT2D eigenvalue weighted by Crippen LogP contribution is -2.52. The van der Waals surface area contributed by atoms with Crippen LogP contribution in [0.25, 0.3) is 0 Å². The second kappa shape index (κ2) is 11.3. The van der Waals surface area contributed by atoms with E-state index in [1.807, 2.05) is 43.9 Å². The average molecular weight is 471 g/mol. The first-order chi connectivity index (χ1) is 16.2. The van der Waals surface area contributed by atoms with Crippen molar-refractivity contribution in [3.63, 3.8) is 0 Å². The summed E-state index contributed by atoms with van der Waals surface area (Å²) in [6.07, 6.45) is 0. The fourth-order valence-electron chi connectivity index (χ4n) is 3.88. The summed E-state index contributed by atoms with van der Waals surface area (Å²) >= 11 is 0. The Labute approximate surface area is 201 Å². The van der Waals surface area contributed by atoms with Gasteiger partial charge in [0.25, 0.3) is 0 Å². The maximum Gasteiger partial charge on any atom is 0.321 e. The van der Waals surface area contributed by atoms with Gasteiger partial charge in [0.15, 0.2) is 0 Å². The Morgan fingerprint density at radius 3 is 2.35 bits per heavy atom. The Balaban J connectivity index is 1.52. The van der Waals surface area contributed by atoms with E-state index < -0.39 is 5.41 Å². The number of carbonyl (C=O) groups excluding carboxylic acids is 2. The lowest BCUT2D eigenvalue weighted by atomic mass is 9.94. The third kappa shape index (κ3) is 7.18. The van der Waals surface area contributed by atoms with E-state index in [-0.39, 0.29) is 17.8 Å². The van der Waals surface area contributed by atoms with Crippen molar-refractivity contribution >= 4 is 17.6 Å². The van der Waals surface area contributed by atoms with Gasteiger partial charge in [-0.2, -0.15) is 0 Å². The van der Waals surface area contributed by atoms with Crippen molar-refractivity contribution in [2.45, 2.75) is 27.3 Å². The molecular weight excluding hydrogens is 435 g/mol. The number of halogens is 1. The summed E-state index contributed by atoms with van der Waals surface area (Å²) in [5, 5.41) is 2.92. The van der Waals surface area contributed by atoms with Crippen LogP contribution in [-0.4, -0.2) is 73.0 Å². The summed E-state index contributed by atoms with van der Waals surface area (Å²) in [7, 11) is 1.59. The molecule has 0 radical (unpaired) electrons. The highest BCUT2D eigenvalue weighted by Gasteiger charge is 2.28. The smallest absolute Gasteiger partial charge is 0.321 e. The standard InChI is InChI=1S/C26H35FN4O3/c1-26(2,3)24(32)31(19-20-8-10-21(27)11-9-20)17-14-29-12-15-30(16-13-29)25(33)28-22-6-5-7-23(18-22)34-4/h5-11,18H,12-17,19H2,1-4H3,(H,28,33). The van der Waals surface area contributed by atoms with Gasteiger partial charge in [-0.05, 0) is 29.8 Å². The topological polar surface area (TPSA) is 65.1 Å². The van der Waals surface area contributed by atoms with E-state index in [0.29, 0.717) is 44.2 Å². The molecule has 7 nitrogen and oxygen atoms in total. The fraction of sp³-hybridized carbons (Fsp3) is 0.462. The molecule has 2 aromatic carbocycles. The Bertz CT molecular complexity index is 967. The number of benzene rings is 2. The van der Waals surface area contributed by atoms with Crippen LogP contribution in [0.5, 0.6) is 5.75 Å². The first-order valence-corrected chi connectivity index (χ1v) is 11.6. The summed E-state index contributed by atoms with van der Waals surface area (Å²) in [6, 6.07) is 13.4. The maximum atomic E-state index is 13.3. The van der Waals surface area contributed by atoms with E-state index in [9.17, 15) is 14.0 Å². The molecule has 184 valence electrons. The molecule has 2 aromatic rings. The Morgan fingerprint density at radius 1 is 1.06 bits per heavy atom. The third-order valence-electron chi connectivity index (χ3n) is 5.88. The van der Waals surface area contributed by atoms with Crippen LogP contribution in [0.1, 0.15) is 26.3 Å². The van der Waals surface area contributed by atoms with Gasteiger partial charge in [-0.25, -0.2) is 9.18 Å². The molecule has 0 aromatic heterocycles. The van der Waals surface area contributed by atoms with Crippen LogP contribution in [0.4, 0.5) is 14.9 Å². The van der Waals surface area contributed by atoms with Gasteiger partial charge in [0.05, 0.1) is 7.11 Å². The van der Waals surface area contributed by atoms with Crippen LogP contribution in [0.3, 0.4) is 0 Å². The van der Waals surface area contributed by atoms with E-state index in [1.165, 1.54) is 12.1 Å². The number of amides is 3. The fourth-order valence-corrected chi connectivity index (χ4v) is 3.88. The zero-order valence-electron chi connectivity index (χ0n) is 20.5. The average Bonchev–Trinajstić information content (AvgIpc) is 2.82. The van der Waals surface area contributed by atoms with Crippen molar-refractivity contribution in [2.75, 3.05) is 51.7 Å². The predicted octanol–water partition coefficient (Wildman–Crippen LogP) is 4.06. The van der Waals surface area contributed by atoms with Crippen molar-refractivity contribution in [2.24, 2.45) is 5.41 Å². The van der Waals surface area contributed by atoms with Crippen molar-refractivity contribution in [1.82, 2.24) is 14.7 Å². The molecule has 3 rings (SSSR count). The molecule has 0 saturated carbocycles.